The molecule has 2 aliphatic rings. The monoisotopic (exact) mass is 354 g/mol. The zero-order valence-corrected chi connectivity index (χ0v) is 15.9. The average molecular weight is 354 g/mol. The number of Topliss-reactive ketones (excluding diaryl/α,β-unsaturated/α-hetero) is 1. The maximum atomic E-state index is 13.1. The molecule has 0 saturated heterocycles. The first-order valence-electron chi connectivity index (χ1n) is 9.21. The summed E-state index contributed by atoms with van der Waals surface area (Å²) in [6.45, 7) is 8.31. The standard InChI is InChI=1S/C21H26N2O3/c1-5-14-19(20(25)26-6-2)17(13-7-9-22-10-8-13)18-15(23-14)11-21(3,4)12-16(18)24/h7-10,17,23H,5-6,11-12H2,1-4H3/t17-/m0/s1. The number of ether oxygens (including phenoxy) is 1. The molecule has 1 aliphatic heterocycles. The summed E-state index contributed by atoms with van der Waals surface area (Å²) in [5.74, 6) is -0.655. The number of esters is 1. The molecule has 138 valence electrons. The lowest BCUT2D eigenvalue weighted by Gasteiger charge is -2.39. The molecule has 1 N–H and O–H groups in total. The smallest absolute Gasteiger partial charge is 0.336 e. The van der Waals surface area contributed by atoms with Crippen molar-refractivity contribution in [3.05, 3.63) is 52.6 Å². The van der Waals surface area contributed by atoms with Crippen LogP contribution in [0.1, 0.15) is 58.4 Å². The van der Waals surface area contributed by atoms with Crippen molar-refractivity contribution in [1.29, 1.82) is 0 Å². The number of pyridine rings is 1. The lowest BCUT2D eigenvalue weighted by molar-refractivity contribution is -0.138. The Kier molecular flexibility index (Phi) is 4.99. The van der Waals surface area contributed by atoms with Crippen LogP contribution in [0.4, 0.5) is 0 Å². The molecule has 2 heterocycles. The van der Waals surface area contributed by atoms with E-state index in [9.17, 15) is 9.59 Å². The van der Waals surface area contributed by atoms with Crippen molar-refractivity contribution in [2.24, 2.45) is 5.41 Å². The van der Waals surface area contributed by atoms with Crippen molar-refractivity contribution in [1.82, 2.24) is 10.3 Å². The van der Waals surface area contributed by atoms with Crippen LogP contribution in [0.5, 0.6) is 0 Å². The van der Waals surface area contributed by atoms with Crippen molar-refractivity contribution in [2.45, 2.75) is 52.9 Å². The van der Waals surface area contributed by atoms with Gasteiger partial charge >= 0.3 is 5.97 Å². The second-order valence-electron chi connectivity index (χ2n) is 7.64. The Morgan fingerprint density at radius 2 is 1.96 bits per heavy atom. The topological polar surface area (TPSA) is 68.3 Å². The van der Waals surface area contributed by atoms with Crippen LogP contribution < -0.4 is 5.32 Å². The summed E-state index contributed by atoms with van der Waals surface area (Å²) in [6, 6.07) is 3.75. The Bertz CT molecular complexity index is 791. The number of allylic oxidation sites excluding steroid dienone is 3. The van der Waals surface area contributed by atoms with E-state index in [4.69, 9.17) is 4.74 Å². The Labute approximate surface area is 154 Å². The minimum atomic E-state index is -0.396. The second kappa shape index (κ2) is 7.06. The number of hydrogen-bond acceptors (Lipinski definition) is 5. The van der Waals surface area contributed by atoms with Gasteiger partial charge < -0.3 is 10.1 Å². The van der Waals surface area contributed by atoms with E-state index in [2.05, 4.69) is 24.1 Å². The molecular weight excluding hydrogens is 328 g/mol. The Hall–Kier alpha value is -2.43. The molecule has 26 heavy (non-hydrogen) atoms. The maximum Gasteiger partial charge on any atom is 0.336 e. The Morgan fingerprint density at radius 3 is 2.58 bits per heavy atom. The SMILES string of the molecule is CCOC(=O)C1=C(CC)NC2=C(C(=O)CC(C)(C)C2)[C@@H]1c1ccncc1. The molecule has 5 nitrogen and oxygen atoms in total. The zero-order valence-electron chi connectivity index (χ0n) is 15.9. The summed E-state index contributed by atoms with van der Waals surface area (Å²) in [6.07, 6.45) is 5.33. The molecular formula is C21H26N2O3. The molecule has 0 bridgehead atoms. The number of carbonyl (C=O) groups is 2. The van der Waals surface area contributed by atoms with Crippen LogP contribution in [-0.2, 0) is 14.3 Å². The predicted molar refractivity (Wildman–Crippen MR) is 99.1 cm³/mol. The third-order valence-corrected chi connectivity index (χ3v) is 5.01. The highest BCUT2D eigenvalue weighted by molar-refractivity contribution is 6.04. The average Bonchev–Trinajstić information content (AvgIpc) is 2.59. The minimum absolute atomic E-state index is 0.0913. The van der Waals surface area contributed by atoms with Gasteiger partial charge in [-0.15, -0.1) is 0 Å². The van der Waals surface area contributed by atoms with Gasteiger partial charge in [-0.25, -0.2) is 4.79 Å². The predicted octanol–water partition coefficient (Wildman–Crippen LogP) is 3.64. The number of rotatable bonds is 4. The molecule has 0 saturated carbocycles. The van der Waals surface area contributed by atoms with Crippen LogP contribution in [0.25, 0.3) is 0 Å². The van der Waals surface area contributed by atoms with E-state index in [1.54, 1.807) is 19.3 Å². The van der Waals surface area contributed by atoms with E-state index in [-0.39, 0.29) is 17.2 Å². The van der Waals surface area contributed by atoms with Gasteiger partial charge in [-0.3, -0.25) is 9.78 Å². The van der Waals surface area contributed by atoms with Crippen LogP contribution >= 0.6 is 0 Å². The van der Waals surface area contributed by atoms with E-state index in [0.29, 0.717) is 30.6 Å². The van der Waals surface area contributed by atoms with Crippen molar-refractivity contribution >= 4 is 11.8 Å². The van der Waals surface area contributed by atoms with E-state index >= 15 is 0 Å². The van der Waals surface area contributed by atoms with Crippen LogP contribution in [0, 0.1) is 5.41 Å². The van der Waals surface area contributed by atoms with Crippen LogP contribution in [-0.4, -0.2) is 23.3 Å². The summed E-state index contributed by atoms with van der Waals surface area (Å²) >= 11 is 0. The number of carbonyl (C=O) groups excluding carboxylic acids is 2. The molecule has 1 aromatic heterocycles. The van der Waals surface area contributed by atoms with Crippen molar-refractivity contribution in [3.8, 4) is 0 Å². The lowest BCUT2D eigenvalue weighted by Crippen LogP contribution is -2.39. The molecule has 3 rings (SSSR count). The molecule has 0 spiro atoms. The molecule has 0 radical (unpaired) electrons. The van der Waals surface area contributed by atoms with E-state index in [0.717, 1.165) is 23.4 Å². The van der Waals surface area contributed by atoms with Crippen LogP contribution in [0.15, 0.2) is 47.1 Å². The number of aromatic nitrogens is 1. The molecule has 0 amide bonds. The first-order chi connectivity index (χ1) is 12.4. The number of dihydropyridines is 1. The second-order valence-corrected chi connectivity index (χ2v) is 7.64. The molecule has 1 atom stereocenters. The van der Waals surface area contributed by atoms with Gasteiger partial charge in [-0.1, -0.05) is 20.8 Å². The summed E-state index contributed by atoms with van der Waals surface area (Å²) in [7, 11) is 0. The molecule has 1 aromatic rings. The fraction of sp³-hybridized carbons (Fsp3) is 0.476. The first kappa shape index (κ1) is 18.4. The van der Waals surface area contributed by atoms with E-state index in [1.807, 2.05) is 19.1 Å². The van der Waals surface area contributed by atoms with Crippen molar-refractivity contribution in [2.75, 3.05) is 6.61 Å². The molecule has 1 aliphatic carbocycles. The maximum absolute atomic E-state index is 13.1. The van der Waals surface area contributed by atoms with E-state index < -0.39 is 5.92 Å². The molecule has 0 unspecified atom stereocenters. The zero-order chi connectivity index (χ0) is 18.9. The quantitative estimate of drug-likeness (QED) is 0.836. The summed E-state index contributed by atoms with van der Waals surface area (Å²) in [5, 5.41) is 3.40. The van der Waals surface area contributed by atoms with Crippen molar-refractivity contribution in [3.63, 3.8) is 0 Å². The number of ketones is 1. The molecule has 5 heteroatoms. The fourth-order valence-corrected chi connectivity index (χ4v) is 3.97. The van der Waals surface area contributed by atoms with Gasteiger partial charge in [-0.2, -0.15) is 0 Å². The molecule has 0 fully saturated rings. The summed E-state index contributed by atoms with van der Waals surface area (Å²) in [4.78, 5) is 29.9. The number of hydrogen-bond donors (Lipinski definition) is 1. The first-order valence-corrected chi connectivity index (χ1v) is 9.21. The highest BCUT2D eigenvalue weighted by Crippen LogP contribution is 2.47. The highest BCUT2D eigenvalue weighted by Gasteiger charge is 2.43. The normalized spacial score (nSPS) is 22.0. The van der Waals surface area contributed by atoms with Gasteiger partial charge in [0.1, 0.15) is 0 Å². The van der Waals surface area contributed by atoms with Gasteiger partial charge in [-0.05, 0) is 42.9 Å². The Morgan fingerprint density at radius 1 is 1.27 bits per heavy atom. The highest BCUT2D eigenvalue weighted by atomic mass is 16.5. The lowest BCUT2D eigenvalue weighted by atomic mass is 9.68. The largest absolute Gasteiger partial charge is 0.463 e. The van der Waals surface area contributed by atoms with Crippen LogP contribution in [0.3, 0.4) is 0 Å². The number of nitrogens with one attached hydrogen (secondary N) is 1. The van der Waals surface area contributed by atoms with Crippen molar-refractivity contribution < 1.29 is 14.3 Å². The van der Waals surface area contributed by atoms with E-state index in [1.165, 1.54) is 0 Å². The minimum Gasteiger partial charge on any atom is -0.463 e. The van der Waals surface area contributed by atoms with Gasteiger partial charge in [0.15, 0.2) is 5.78 Å². The van der Waals surface area contributed by atoms with Crippen LogP contribution in [0.2, 0.25) is 0 Å². The fourth-order valence-electron chi connectivity index (χ4n) is 3.97. The van der Waals surface area contributed by atoms with Gasteiger partial charge in [0.2, 0.25) is 0 Å². The third-order valence-electron chi connectivity index (χ3n) is 5.01. The van der Waals surface area contributed by atoms with Gasteiger partial charge in [0.25, 0.3) is 0 Å². The Balaban J connectivity index is 2.19. The van der Waals surface area contributed by atoms with Gasteiger partial charge in [0, 0.05) is 41.7 Å². The summed E-state index contributed by atoms with van der Waals surface area (Å²) in [5.41, 5.74) is 3.85. The van der Waals surface area contributed by atoms with Gasteiger partial charge in [0.05, 0.1) is 12.2 Å². The molecule has 0 aromatic carbocycles. The third kappa shape index (κ3) is 3.30. The number of nitrogens with zero attached hydrogens (tertiary/aromatic N) is 1. The summed E-state index contributed by atoms with van der Waals surface area (Å²) < 4.78 is 5.33.